The van der Waals surface area contributed by atoms with Crippen molar-refractivity contribution >= 4 is 52.6 Å². The number of amides is 2. The summed E-state index contributed by atoms with van der Waals surface area (Å²) < 4.78 is 84.8. The molecule has 12 unspecified atom stereocenters. The maximum Gasteiger partial charge on any atom is 0.330 e. The molecule has 3 aromatic carbocycles. The number of piperazine rings is 1. The monoisotopic (exact) mass is 1060 g/mol. The smallest absolute Gasteiger partial charge is 0.330 e. The van der Waals surface area contributed by atoms with E-state index in [9.17, 15) is 4.79 Å². The highest BCUT2D eigenvalue weighted by Gasteiger charge is 2.51. The summed E-state index contributed by atoms with van der Waals surface area (Å²) in [6.07, 6.45) is -3.36. The summed E-state index contributed by atoms with van der Waals surface area (Å²) in [5.74, 6) is 1.85. The van der Waals surface area contributed by atoms with Crippen LogP contribution in [-0.4, -0.2) is 200 Å². The molecule has 0 spiro atoms. The van der Waals surface area contributed by atoms with Crippen LogP contribution in [0.3, 0.4) is 0 Å². The van der Waals surface area contributed by atoms with Crippen molar-refractivity contribution in [1.82, 2.24) is 34.8 Å². The van der Waals surface area contributed by atoms with Crippen molar-refractivity contribution in [2.24, 2.45) is 0 Å². The van der Waals surface area contributed by atoms with Gasteiger partial charge in [0.1, 0.15) is 24.7 Å². The van der Waals surface area contributed by atoms with Crippen molar-refractivity contribution in [2.45, 2.75) is 98.7 Å². The topological polar surface area (TPSA) is 166 Å². The second-order valence-electron chi connectivity index (χ2n) is 21.9. The molecule has 2 aromatic heterocycles. The number of carbonyl (C=O) groups is 1. The van der Waals surface area contributed by atoms with Crippen LogP contribution in [-0.2, 0) is 18.9 Å². The molecule has 77 heavy (non-hydrogen) atoms. The van der Waals surface area contributed by atoms with E-state index in [0.29, 0.717) is 90.1 Å². The molecule has 14 rings (SSSR count). The summed E-state index contributed by atoms with van der Waals surface area (Å²) in [6.45, 7) is 5.84. The minimum Gasteiger partial charge on any atom is -0.377 e. The van der Waals surface area contributed by atoms with Crippen LogP contribution >= 0.6 is 0 Å². The van der Waals surface area contributed by atoms with Crippen LogP contribution in [0, 0.1) is 0 Å². The number of fused-ring (bicyclic) bond motifs is 8. The predicted octanol–water partition coefficient (Wildman–Crippen LogP) is 5.78. The summed E-state index contributed by atoms with van der Waals surface area (Å²) in [4.78, 5) is 58.3. The average molecular weight is 1060 g/mol. The molecule has 5 aromatic rings. The Morgan fingerprint density at radius 3 is 1.17 bits per heavy atom. The highest BCUT2D eigenvalue weighted by molar-refractivity contribution is 6.07. The van der Waals surface area contributed by atoms with Crippen LogP contribution in [0.2, 0.25) is 0 Å². The number of nitrogens with one attached hydrogen (secondary N) is 1. The quantitative estimate of drug-likeness (QED) is 0.167. The second kappa shape index (κ2) is 19.7. The van der Waals surface area contributed by atoms with E-state index in [2.05, 4.69) is 22.2 Å². The second-order valence-corrected chi connectivity index (χ2v) is 21.9. The number of ether oxygens (including phenoxy) is 4. The molecule has 404 valence electrons. The molecule has 23 heteroatoms. The van der Waals surface area contributed by atoms with Crippen LogP contribution in [0.15, 0.2) is 72.8 Å². The predicted molar refractivity (Wildman–Crippen MR) is 279 cm³/mol. The first-order valence-electron chi connectivity index (χ1n) is 27.0. The lowest BCUT2D eigenvalue weighted by molar-refractivity contribution is 0.0808. The van der Waals surface area contributed by atoms with Gasteiger partial charge in [0.25, 0.3) is 0 Å². The summed E-state index contributed by atoms with van der Waals surface area (Å²) in [5, 5.41) is 3.12. The molecule has 9 saturated heterocycles. The van der Waals surface area contributed by atoms with Gasteiger partial charge in [-0.2, -0.15) is 29.9 Å². The van der Waals surface area contributed by atoms with Gasteiger partial charge in [-0.3, -0.25) is 4.90 Å². The van der Waals surface area contributed by atoms with Crippen LogP contribution in [0.1, 0.15) is 25.7 Å². The number of alkyl halides is 4. The Morgan fingerprint density at radius 1 is 0.481 bits per heavy atom. The zero-order valence-corrected chi connectivity index (χ0v) is 42.5. The van der Waals surface area contributed by atoms with Gasteiger partial charge in [0, 0.05) is 74.4 Å². The molecule has 0 aliphatic carbocycles. The van der Waals surface area contributed by atoms with Crippen LogP contribution in [0.5, 0.6) is 0 Å². The Labute approximate surface area is 442 Å². The molecule has 2 amide bonds. The van der Waals surface area contributed by atoms with E-state index in [1.54, 1.807) is 4.90 Å². The van der Waals surface area contributed by atoms with Crippen LogP contribution < -0.4 is 34.7 Å². The van der Waals surface area contributed by atoms with Crippen molar-refractivity contribution in [3.8, 4) is 22.8 Å². The molecule has 1 N–H and O–H groups in total. The van der Waals surface area contributed by atoms with Gasteiger partial charge in [0.2, 0.25) is 23.8 Å². The van der Waals surface area contributed by atoms with E-state index in [0.717, 1.165) is 31.9 Å². The standard InChI is InChI=1S/C54H60F4N14O5/c1-66-14-16-67(17-15-66)33-12-6-32(7-13-33)59-54(73)68(34-8-2-30(3-9-34)48-60-50(69-36-18-40(55)44(69)26-74-22-36)64-51(61-48)70-37-19-41(56)45(70)27-75-23-37)35-10-4-31(5-11-35)49-62-52(71-38-20-42(57)46(71)28-76-24-38)65-53(63-49)72-39-21-43(58)47(72)29-77-25-39/h2-13,36-47H,14-29H2,1H3,(H,59,73). The third kappa shape index (κ3) is 8.81. The van der Waals surface area contributed by atoms with E-state index < -0.39 is 54.9 Å². The molecular formula is C54H60F4N14O5. The zero-order valence-electron chi connectivity index (χ0n) is 42.5. The molecular weight excluding hydrogens is 1000 g/mol. The number of likely N-dealkylation sites (N-methyl/N-ethyl adjacent to an activating group) is 1. The van der Waals surface area contributed by atoms with E-state index in [1.807, 2.05) is 92.4 Å². The summed E-state index contributed by atoms with van der Waals surface area (Å²) in [5.41, 5.74) is 3.90. The van der Waals surface area contributed by atoms with Gasteiger partial charge in [-0.15, -0.1) is 0 Å². The lowest BCUT2D eigenvalue weighted by atomic mass is 10.1. The number of carbonyl (C=O) groups excluding carboxylic acids is 1. The number of rotatable bonds is 10. The van der Waals surface area contributed by atoms with Gasteiger partial charge in [0.15, 0.2) is 11.6 Å². The number of halogens is 4. The van der Waals surface area contributed by atoms with Crippen molar-refractivity contribution in [3.63, 3.8) is 0 Å². The Balaban J connectivity index is 0.814. The minimum atomic E-state index is -1.13. The number of hydrogen-bond acceptors (Lipinski definition) is 17. The van der Waals surface area contributed by atoms with Crippen LogP contribution in [0.4, 0.5) is 68.9 Å². The fourth-order valence-electron chi connectivity index (χ4n) is 13.1. The maximum atomic E-state index is 15.5. The summed E-state index contributed by atoms with van der Waals surface area (Å²) in [7, 11) is 2.12. The van der Waals surface area contributed by atoms with E-state index in [-0.39, 0.29) is 76.3 Å². The lowest BCUT2D eigenvalue weighted by Gasteiger charge is -2.37. The SMILES string of the molecule is CN1CCN(c2ccc(NC(=O)N(c3ccc(-c4nc(N5C6COCC5C(F)C6)nc(N5C6COCC5C(F)C6)n4)cc3)c3ccc(-c4nc(N5C6COCC5C(F)C6)nc(N5C6COCC5C(F)C6)n4)cc3)cc2)CC1. The summed E-state index contributed by atoms with van der Waals surface area (Å²) in [6, 6.07) is 18.6. The van der Waals surface area contributed by atoms with E-state index in [1.165, 1.54) is 0 Å². The molecule has 9 fully saturated rings. The molecule has 9 aliphatic heterocycles. The Kier molecular flexibility index (Phi) is 12.5. The lowest BCUT2D eigenvalue weighted by Crippen LogP contribution is -2.50. The fraction of sp³-hybridized carbons (Fsp3) is 0.537. The van der Waals surface area contributed by atoms with Crippen molar-refractivity contribution in [3.05, 3.63) is 72.8 Å². The normalized spacial score (nSPS) is 31.6. The molecule has 11 heterocycles. The number of morpholine rings is 4. The summed E-state index contributed by atoms with van der Waals surface area (Å²) >= 11 is 0. The number of benzene rings is 3. The third-order valence-electron chi connectivity index (χ3n) is 17.2. The largest absolute Gasteiger partial charge is 0.377 e. The maximum absolute atomic E-state index is 15.5. The number of aromatic nitrogens is 6. The Morgan fingerprint density at radius 2 is 0.831 bits per heavy atom. The van der Waals surface area contributed by atoms with E-state index in [4.69, 9.17) is 48.9 Å². The fourth-order valence-corrected chi connectivity index (χ4v) is 13.1. The molecule has 0 radical (unpaired) electrons. The van der Waals surface area contributed by atoms with Gasteiger partial charge < -0.3 is 53.7 Å². The van der Waals surface area contributed by atoms with Gasteiger partial charge in [0.05, 0.1) is 113 Å². The minimum absolute atomic E-state index is 0.196. The van der Waals surface area contributed by atoms with Gasteiger partial charge >= 0.3 is 6.03 Å². The highest BCUT2D eigenvalue weighted by Crippen LogP contribution is 2.42. The van der Waals surface area contributed by atoms with Gasteiger partial charge in [-0.05, 0) is 79.8 Å². The van der Waals surface area contributed by atoms with Crippen LogP contribution in [0.25, 0.3) is 22.8 Å². The molecule has 9 aliphatic rings. The zero-order chi connectivity index (χ0) is 52.1. The number of hydrogen-bond donors (Lipinski definition) is 1. The van der Waals surface area contributed by atoms with E-state index >= 15 is 17.6 Å². The van der Waals surface area contributed by atoms with Crippen molar-refractivity contribution in [1.29, 1.82) is 0 Å². The molecule has 19 nitrogen and oxygen atoms in total. The van der Waals surface area contributed by atoms with Crippen molar-refractivity contribution in [2.75, 3.05) is 121 Å². The average Bonchev–Trinajstić information content (AvgIpc) is 3.98. The third-order valence-corrected chi connectivity index (χ3v) is 17.2. The molecule has 12 atom stereocenters. The van der Waals surface area contributed by atoms with Gasteiger partial charge in [-0.1, -0.05) is 0 Å². The first kappa shape index (κ1) is 48.8. The first-order valence-corrected chi connectivity index (χ1v) is 27.0. The van der Waals surface area contributed by atoms with Crippen molar-refractivity contribution < 1.29 is 41.3 Å². The molecule has 8 bridgehead atoms. The number of anilines is 8. The molecule has 0 saturated carbocycles. The number of nitrogens with zero attached hydrogens (tertiary/aromatic N) is 13. The van der Waals surface area contributed by atoms with Gasteiger partial charge in [-0.25, -0.2) is 22.4 Å². The number of urea groups is 1. The Hall–Kier alpha value is -6.53. The highest BCUT2D eigenvalue weighted by atomic mass is 19.1. The Bertz CT molecular complexity index is 2720. The first-order chi connectivity index (χ1) is 37.6.